The minimum atomic E-state index is -4.03. The van der Waals surface area contributed by atoms with Crippen molar-refractivity contribution in [2.75, 3.05) is 39.3 Å². The van der Waals surface area contributed by atoms with Crippen LogP contribution in [0.25, 0.3) is 0 Å². The molecule has 4 aromatic rings. The number of hydrogen-bond donors (Lipinski definition) is 1. The highest BCUT2D eigenvalue weighted by Crippen LogP contribution is 2.25. The topological polar surface area (TPSA) is 70.1 Å². The van der Waals surface area contributed by atoms with E-state index < -0.39 is 10.1 Å². The number of hydrogen-bond acceptors (Lipinski definition) is 5. The van der Waals surface area contributed by atoms with Crippen LogP contribution in [0.5, 0.6) is 0 Å². The van der Waals surface area contributed by atoms with Gasteiger partial charge in [-0.3, -0.25) is 9.45 Å². The van der Waals surface area contributed by atoms with Gasteiger partial charge in [-0.2, -0.15) is 8.42 Å². The molecule has 1 saturated heterocycles. The van der Waals surface area contributed by atoms with Crippen LogP contribution in [-0.4, -0.2) is 62.1 Å². The molecular weight excluding hydrogens is 544 g/mol. The van der Waals surface area contributed by atoms with Crippen molar-refractivity contribution in [2.24, 2.45) is 0 Å². The molecule has 4 aromatic carbocycles. The zero-order chi connectivity index (χ0) is 29.6. The first-order chi connectivity index (χ1) is 20.4. The van der Waals surface area contributed by atoms with Crippen molar-refractivity contribution in [2.45, 2.75) is 24.3 Å². The van der Waals surface area contributed by atoms with Gasteiger partial charge in [0.15, 0.2) is 0 Å². The van der Waals surface area contributed by atoms with Gasteiger partial charge in [0.1, 0.15) is 6.10 Å². The first-order valence-electron chi connectivity index (χ1n) is 14.3. The summed E-state index contributed by atoms with van der Waals surface area (Å²) in [6.45, 7) is 7.65. The number of allylic oxidation sites excluding steroid dienone is 1. The van der Waals surface area contributed by atoms with Crippen LogP contribution in [0.2, 0.25) is 0 Å². The van der Waals surface area contributed by atoms with E-state index in [2.05, 4.69) is 113 Å². The quantitative estimate of drug-likeness (QED) is 0.217. The van der Waals surface area contributed by atoms with Gasteiger partial charge >= 0.3 is 0 Å². The predicted octanol–water partition coefficient (Wildman–Crippen LogP) is 6.41. The van der Waals surface area contributed by atoms with Crippen molar-refractivity contribution in [1.29, 1.82) is 0 Å². The Kier molecular flexibility index (Phi) is 11.9. The molecule has 0 bridgehead atoms. The monoisotopic (exact) mass is 584 g/mol. The summed E-state index contributed by atoms with van der Waals surface area (Å²) in [6, 6.07) is 37.9. The Morgan fingerprint density at radius 1 is 0.762 bits per heavy atom. The van der Waals surface area contributed by atoms with Crippen LogP contribution in [0.15, 0.2) is 132 Å². The lowest BCUT2D eigenvalue weighted by atomic mass is 10.0. The van der Waals surface area contributed by atoms with Gasteiger partial charge in [0.05, 0.1) is 11.5 Å². The summed E-state index contributed by atoms with van der Waals surface area (Å²) in [7, 11) is -4.03. The van der Waals surface area contributed by atoms with Gasteiger partial charge in [-0.1, -0.05) is 115 Å². The lowest BCUT2D eigenvalue weighted by Gasteiger charge is -2.34. The van der Waals surface area contributed by atoms with Gasteiger partial charge < -0.3 is 9.64 Å². The molecular formula is C35H40N2O4S. The van der Waals surface area contributed by atoms with Crippen LogP contribution >= 0.6 is 0 Å². The van der Waals surface area contributed by atoms with Gasteiger partial charge in [0, 0.05) is 32.7 Å². The molecule has 1 heterocycles. The molecule has 1 aliphatic rings. The molecule has 5 rings (SSSR count). The minimum Gasteiger partial charge on any atom is -0.375 e. The Hall–Kier alpha value is -3.75. The van der Waals surface area contributed by atoms with Crippen LogP contribution in [-0.2, 0) is 21.3 Å². The average Bonchev–Trinajstić information content (AvgIpc) is 3.01. The first-order valence-corrected chi connectivity index (χ1v) is 15.8. The van der Waals surface area contributed by atoms with Crippen LogP contribution in [0.4, 0.5) is 0 Å². The highest BCUT2D eigenvalue weighted by atomic mass is 32.2. The standard InChI is InChI=1S/C28H32N2O.C7H8O3S/c1-4-11-25(12-5-1)13-10-18-29-19-21-30(22-20-29)23-24-31-28(26-14-6-2-7-15-26)27-16-8-3-9-17-27;1-6-4-2-3-5-7(6)11(8,9)10/h1-12,14-18,28H,13,19-24H2;2-5H,1H3,(H,8,9,10)/b18-10+;. The first kappa shape index (κ1) is 31.2. The van der Waals surface area contributed by atoms with Crippen LogP contribution in [0, 0.1) is 6.92 Å². The van der Waals surface area contributed by atoms with E-state index >= 15 is 0 Å². The van der Waals surface area contributed by atoms with Crippen LogP contribution < -0.4 is 0 Å². The van der Waals surface area contributed by atoms with E-state index in [-0.39, 0.29) is 11.0 Å². The third kappa shape index (κ3) is 9.96. The fourth-order valence-electron chi connectivity index (χ4n) is 4.87. The predicted molar refractivity (Wildman–Crippen MR) is 169 cm³/mol. The van der Waals surface area contributed by atoms with E-state index in [1.54, 1.807) is 25.1 Å². The van der Waals surface area contributed by atoms with E-state index in [1.807, 2.05) is 0 Å². The van der Waals surface area contributed by atoms with E-state index in [0.717, 1.165) is 45.8 Å². The Labute approximate surface area is 250 Å². The number of benzene rings is 4. The maximum Gasteiger partial charge on any atom is 0.294 e. The molecule has 1 aliphatic heterocycles. The number of aryl methyl sites for hydroxylation is 1. The normalized spacial score (nSPS) is 14.1. The maximum atomic E-state index is 10.6. The summed E-state index contributed by atoms with van der Waals surface area (Å²) in [5.74, 6) is 0. The summed E-state index contributed by atoms with van der Waals surface area (Å²) < 4.78 is 36.2. The molecule has 0 saturated carbocycles. The zero-order valence-corrected chi connectivity index (χ0v) is 24.9. The molecule has 1 fully saturated rings. The Bertz CT molecular complexity index is 1430. The molecule has 6 nitrogen and oxygen atoms in total. The molecule has 7 heteroatoms. The van der Waals surface area contributed by atoms with Crippen molar-refractivity contribution in [3.63, 3.8) is 0 Å². The van der Waals surface area contributed by atoms with Gasteiger partial charge in [-0.15, -0.1) is 0 Å². The van der Waals surface area contributed by atoms with Gasteiger partial charge in [0.25, 0.3) is 10.1 Å². The Morgan fingerprint density at radius 3 is 1.81 bits per heavy atom. The third-order valence-electron chi connectivity index (χ3n) is 7.19. The smallest absolute Gasteiger partial charge is 0.294 e. The average molecular weight is 585 g/mol. The van der Waals surface area contributed by atoms with Crippen LogP contribution in [0.3, 0.4) is 0 Å². The Morgan fingerprint density at radius 2 is 1.29 bits per heavy atom. The van der Waals surface area contributed by atoms with Crippen LogP contribution in [0.1, 0.15) is 28.4 Å². The van der Waals surface area contributed by atoms with Crippen molar-refractivity contribution in [3.05, 3.63) is 150 Å². The maximum absolute atomic E-state index is 10.6. The third-order valence-corrected chi connectivity index (χ3v) is 8.20. The number of ether oxygens (including phenoxy) is 1. The van der Waals surface area contributed by atoms with Gasteiger partial charge in [-0.25, -0.2) is 0 Å². The van der Waals surface area contributed by atoms with E-state index in [0.29, 0.717) is 5.56 Å². The molecule has 1 N–H and O–H groups in total. The lowest BCUT2D eigenvalue weighted by Crippen LogP contribution is -2.45. The molecule has 0 atom stereocenters. The summed E-state index contributed by atoms with van der Waals surface area (Å²) in [6.07, 6.45) is 5.53. The fraction of sp³-hybridized carbons (Fsp3) is 0.257. The SMILES string of the molecule is C(=C\N1CCN(CCOC(c2ccccc2)c2ccccc2)CC1)/Cc1ccccc1.Cc1ccccc1S(=O)(=O)O. The molecule has 0 amide bonds. The van der Waals surface area contributed by atoms with Gasteiger partial charge in [0.2, 0.25) is 0 Å². The Balaban J connectivity index is 0.000000310. The molecule has 0 radical (unpaired) electrons. The van der Waals surface area contributed by atoms with Gasteiger partial charge in [-0.05, 0) is 47.9 Å². The highest BCUT2D eigenvalue weighted by molar-refractivity contribution is 7.85. The molecule has 0 spiro atoms. The number of rotatable bonds is 10. The highest BCUT2D eigenvalue weighted by Gasteiger charge is 2.17. The molecule has 0 unspecified atom stereocenters. The van der Waals surface area contributed by atoms with Crippen molar-refractivity contribution < 1.29 is 17.7 Å². The largest absolute Gasteiger partial charge is 0.375 e. The number of piperazine rings is 1. The van der Waals surface area contributed by atoms with E-state index in [9.17, 15) is 8.42 Å². The van der Waals surface area contributed by atoms with Crippen molar-refractivity contribution in [3.8, 4) is 0 Å². The van der Waals surface area contributed by atoms with Crippen molar-refractivity contribution in [1.82, 2.24) is 9.80 Å². The summed E-state index contributed by atoms with van der Waals surface area (Å²) >= 11 is 0. The lowest BCUT2D eigenvalue weighted by molar-refractivity contribution is 0.0502. The van der Waals surface area contributed by atoms with E-state index in [4.69, 9.17) is 9.29 Å². The van der Waals surface area contributed by atoms with E-state index in [1.165, 1.54) is 22.8 Å². The second kappa shape index (κ2) is 16.0. The summed E-state index contributed by atoms with van der Waals surface area (Å²) in [5.41, 5.74) is 4.33. The zero-order valence-electron chi connectivity index (χ0n) is 24.1. The fourth-order valence-corrected chi connectivity index (χ4v) is 5.60. The number of nitrogens with zero attached hydrogens (tertiary/aromatic N) is 2. The molecule has 0 aliphatic carbocycles. The molecule has 42 heavy (non-hydrogen) atoms. The minimum absolute atomic E-state index is 0.00962. The summed E-state index contributed by atoms with van der Waals surface area (Å²) in [4.78, 5) is 4.91. The molecule has 0 aromatic heterocycles. The van der Waals surface area contributed by atoms with Crippen molar-refractivity contribution >= 4 is 10.1 Å². The second-order valence-corrected chi connectivity index (χ2v) is 11.7. The second-order valence-electron chi connectivity index (χ2n) is 10.3. The molecule has 220 valence electrons. The summed E-state index contributed by atoms with van der Waals surface area (Å²) in [5, 5.41) is 0.